The Kier molecular flexibility index (Phi) is 6.17. The summed E-state index contributed by atoms with van der Waals surface area (Å²) in [6.07, 6.45) is 2.33. The van der Waals surface area contributed by atoms with E-state index in [1.807, 2.05) is 0 Å². The summed E-state index contributed by atoms with van der Waals surface area (Å²) < 4.78 is 1.11. The van der Waals surface area contributed by atoms with E-state index in [-0.39, 0.29) is 0 Å². The number of benzene rings is 1. The van der Waals surface area contributed by atoms with Crippen molar-refractivity contribution < 1.29 is 0 Å². The van der Waals surface area contributed by atoms with Gasteiger partial charge in [-0.2, -0.15) is 0 Å². The van der Waals surface area contributed by atoms with Crippen LogP contribution in [-0.2, 0) is 0 Å². The minimum Gasteiger partial charge on any atom is -0.329 e. The van der Waals surface area contributed by atoms with Crippen molar-refractivity contribution in [3.8, 4) is 0 Å². The number of rotatable bonds is 6. The van der Waals surface area contributed by atoms with E-state index in [1.54, 1.807) is 0 Å². The van der Waals surface area contributed by atoms with Crippen molar-refractivity contribution in [3.05, 3.63) is 34.3 Å². The van der Waals surface area contributed by atoms with Gasteiger partial charge in [-0.3, -0.25) is 4.90 Å². The van der Waals surface area contributed by atoms with Crippen molar-refractivity contribution in [2.75, 3.05) is 13.6 Å². The molecule has 2 N–H and O–H groups in total. The Balaban J connectivity index is 2.86. The van der Waals surface area contributed by atoms with Crippen LogP contribution < -0.4 is 5.73 Å². The molecular formula is C14H23BrN2. The van der Waals surface area contributed by atoms with Gasteiger partial charge in [0, 0.05) is 23.1 Å². The first kappa shape index (κ1) is 14.7. The summed E-state index contributed by atoms with van der Waals surface area (Å²) in [5.74, 6) is 0. The van der Waals surface area contributed by atoms with Gasteiger partial charge in [0.1, 0.15) is 0 Å². The predicted octanol–water partition coefficient (Wildman–Crippen LogP) is 3.57. The van der Waals surface area contributed by atoms with Gasteiger partial charge in [0.25, 0.3) is 0 Å². The molecular weight excluding hydrogens is 276 g/mol. The van der Waals surface area contributed by atoms with Gasteiger partial charge in [0.05, 0.1) is 0 Å². The quantitative estimate of drug-likeness (QED) is 0.870. The first-order valence-corrected chi connectivity index (χ1v) is 7.10. The van der Waals surface area contributed by atoms with Crippen molar-refractivity contribution >= 4 is 15.9 Å². The lowest BCUT2D eigenvalue weighted by atomic mass is 10.0. The summed E-state index contributed by atoms with van der Waals surface area (Å²) in [6, 6.07) is 9.39. The minimum atomic E-state index is 0.313. The number of nitrogens with two attached hydrogens (primary N) is 1. The van der Waals surface area contributed by atoms with Crippen LogP contribution >= 0.6 is 15.9 Å². The van der Waals surface area contributed by atoms with Gasteiger partial charge in [-0.15, -0.1) is 0 Å². The third kappa shape index (κ3) is 3.80. The lowest BCUT2D eigenvalue weighted by Crippen LogP contribution is -2.38. The second kappa shape index (κ2) is 7.14. The van der Waals surface area contributed by atoms with Gasteiger partial charge >= 0.3 is 0 Å². The van der Waals surface area contributed by atoms with Crippen LogP contribution in [0.5, 0.6) is 0 Å². The number of likely N-dealkylation sites (N-methyl/N-ethyl adjacent to an activating group) is 1. The minimum absolute atomic E-state index is 0.313. The number of halogens is 1. The molecule has 0 amide bonds. The Hall–Kier alpha value is -0.380. The standard InChI is InChI=1S/C14H23BrN2/c1-4-13(5-2)17(3)14(10-16)11-6-8-12(15)9-7-11/h6-9,13-14H,4-5,10,16H2,1-3H3. The normalized spacial score (nSPS) is 13.4. The zero-order chi connectivity index (χ0) is 12.8. The van der Waals surface area contributed by atoms with Gasteiger partial charge in [-0.05, 0) is 37.6 Å². The van der Waals surface area contributed by atoms with Crippen LogP contribution in [0.25, 0.3) is 0 Å². The van der Waals surface area contributed by atoms with Crippen molar-refractivity contribution in [1.82, 2.24) is 4.90 Å². The van der Waals surface area contributed by atoms with E-state index in [0.717, 1.165) is 4.47 Å². The Morgan fingerprint density at radius 2 is 1.71 bits per heavy atom. The molecule has 0 aliphatic carbocycles. The molecule has 0 saturated heterocycles. The second-order valence-electron chi connectivity index (χ2n) is 4.44. The Morgan fingerprint density at radius 1 is 1.18 bits per heavy atom. The lowest BCUT2D eigenvalue weighted by Gasteiger charge is -2.34. The number of hydrogen-bond acceptors (Lipinski definition) is 2. The maximum absolute atomic E-state index is 5.94. The van der Waals surface area contributed by atoms with Crippen LogP contribution in [-0.4, -0.2) is 24.5 Å². The zero-order valence-electron chi connectivity index (χ0n) is 11.0. The summed E-state index contributed by atoms with van der Waals surface area (Å²) in [5, 5.41) is 0. The van der Waals surface area contributed by atoms with Gasteiger partial charge < -0.3 is 5.73 Å². The number of hydrogen-bond donors (Lipinski definition) is 1. The SMILES string of the molecule is CCC(CC)N(C)C(CN)c1ccc(Br)cc1. The third-order valence-corrected chi connectivity index (χ3v) is 4.02. The molecule has 0 aliphatic heterocycles. The highest BCUT2D eigenvalue weighted by Gasteiger charge is 2.20. The van der Waals surface area contributed by atoms with Gasteiger partial charge in [0.2, 0.25) is 0 Å². The highest BCUT2D eigenvalue weighted by Crippen LogP contribution is 2.24. The summed E-state index contributed by atoms with van der Waals surface area (Å²) in [4.78, 5) is 2.41. The molecule has 1 rings (SSSR count). The fourth-order valence-electron chi connectivity index (χ4n) is 2.34. The molecule has 0 bridgehead atoms. The molecule has 96 valence electrons. The zero-order valence-corrected chi connectivity index (χ0v) is 12.6. The first-order chi connectivity index (χ1) is 8.13. The average molecular weight is 299 g/mol. The maximum atomic E-state index is 5.94. The van der Waals surface area contributed by atoms with E-state index in [0.29, 0.717) is 18.6 Å². The average Bonchev–Trinajstić information content (AvgIpc) is 2.34. The van der Waals surface area contributed by atoms with Gasteiger partial charge in [0.15, 0.2) is 0 Å². The maximum Gasteiger partial charge on any atom is 0.0470 e. The Bertz CT molecular complexity index is 319. The summed E-state index contributed by atoms with van der Waals surface area (Å²) >= 11 is 3.46. The summed E-state index contributed by atoms with van der Waals surface area (Å²) in [7, 11) is 2.18. The fraction of sp³-hybridized carbons (Fsp3) is 0.571. The van der Waals surface area contributed by atoms with Crippen molar-refractivity contribution in [1.29, 1.82) is 0 Å². The molecule has 17 heavy (non-hydrogen) atoms. The smallest absolute Gasteiger partial charge is 0.0470 e. The molecule has 3 heteroatoms. The highest BCUT2D eigenvalue weighted by molar-refractivity contribution is 9.10. The molecule has 0 spiro atoms. The molecule has 1 atom stereocenters. The third-order valence-electron chi connectivity index (χ3n) is 3.49. The highest BCUT2D eigenvalue weighted by atomic mass is 79.9. The first-order valence-electron chi connectivity index (χ1n) is 6.31. The lowest BCUT2D eigenvalue weighted by molar-refractivity contribution is 0.168. The van der Waals surface area contributed by atoms with Crippen molar-refractivity contribution in [3.63, 3.8) is 0 Å². The van der Waals surface area contributed by atoms with Crippen LogP contribution in [0.4, 0.5) is 0 Å². The van der Waals surface area contributed by atoms with E-state index < -0.39 is 0 Å². The summed E-state index contributed by atoms with van der Waals surface area (Å²) in [6.45, 7) is 5.13. The van der Waals surface area contributed by atoms with E-state index >= 15 is 0 Å². The van der Waals surface area contributed by atoms with Crippen molar-refractivity contribution in [2.24, 2.45) is 5.73 Å². The number of nitrogens with zero attached hydrogens (tertiary/aromatic N) is 1. The monoisotopic (exact) mass is 298 g/mol. The second-order valence-corrected chi connectivity index (χ2v) is 5.35. The molecule has 1 aromatic carbocycles. The van der Waals surface area contributed by atoms with E-state index in [2.05, 4.69) is 66.0 Å². The van der Waals surface area contributed by atoms with E-state index in [4.69, 9.17) is 5.73 Å². The largest absolute Gasteiger partial charge is 0.329 e. The van der Waals surface area contributed by atoms with E-state index in [1.165, 1.54) is 18.4 Å². The molecule has 0 heterocycles. The molecule has 1 unspecified atom stereocenters. The van der Waals surface area contributed by atoms with Gasteiger partial charge in [-0.1, -0.05) is 41.9 Å². The summed E-state index contributed by atoms with van der Waals surface area (Å²) in [5.41, 5.74) is 7.23. The molecule has 1 aromatic rings. The Labute approximate surface area is 113 Å². The topological polar surface area (TPSA) is 29.3 Å². The van der Waals surface area contributed by atoms with E-state index in [9.17, 15) is 0 Å². The van der Waals surface area contributed by atoms with Crippen LogP contribution in [0.1, 0.15) is 38.3 Å². The molecule has 0 radical (unpaired) electrons. The molecule has 0 aliphatic rings. The van der Waals surface area contributed by atoms with Gasteiger partial charge in [-0.25, -0.2) is 0 Å². The predicted molar refractivity (Wildman–Crippen MR) is 78.1 cm³/mol. The van der Waals surface area contributed by atoms with Crippen molar-refractivity contribution in [2.45, 2.75) is 38.8 Å². The molecule has 0 fully saturated rings. The van der Waals surface area contributed by atoms with Crippen LogP contribution in [0, 0.1) is 0 Å². The van der Waals surface area contributed by atoms with Crippen LogP contribution in [0.15, 0.2) is 28.7 Å². The van der Waals surface area contributed by atoms with Crippen LogP contribution in [0.2, 0.25) is 0 Å². The Morgan fingerprint density at radius 3 is 2.12 bits per heavy atom. The fourth-order valence-corrected chi connectivity index (χ4v) is 2.61. The van der Waals surface area contributed by atoms with Crippen LogP contribution in [0.3, 0.4) is 0 Å². The molecule has 2 nitrogen and oxygen atoms in total. The molecule has 0 saturated carbocycles. The molecule has 0 aromatic heterocycles.